The molecule has 0 N–H and O–H groups in total. The molecule has 0 aliphatic carbocycles. The standard InChI is InChI=1S/C14H27N3O3S/c1-3-9-20-10-5-4-6-14(16-15-2)13-17-7-11-21(18,19)12-8-17/h6H,3-5,7-13H2,1-2H3/b14-6-,16-15?. The topological polar surface area (TPSA) is 71.3 Å². The normalized spacial score (nSPS) is 20.2. The van der Waals surface area contributed by atoms with Crippen molar-refractivity contribution in [2.45, 2.75) is 26.2 Å². The van der Waals surface area contributed by atoms with Gasteiger partial charge < -0.3 is 4.74 Å². The largest absolute Gasteiger partial charge is 0.381 e. The Morgan fingerprint density at radius 1 is 1.29 bits per heavy atom. The Balaban J connectivity index is 2.35. The molecule has 1 heterocycles. The number of hydrogen-bond donors (Lipinski definition) is 0. The quantitative estimate of drug-likeness (QED) is 0.481. The first-order chi connectivity index (χ1) is 10.1. The summed E-state index contributed by atoms with van der Waals surface area (Å²) in [5.41, 5.74) is 0.910. The summed E-state index contributed by atoms with van der Waals surface area (Å²) in [6, 6.07) is 0. The third-order valence-electron chi connectivity index (χ3n) is 3.27. The van der Waals surface area contributed by atoms with Crippen LogP contribution in [0.4, 0.5) is 0 Å². The lowest BCUT2D eigenvalue weighted by Gasteiger charge is -2.26. The molecule has 0 atom stereocenters. The Morgan fingerprint density at radius 2 is 2.00 bits per heavy atom. The molecule has 1 fully saturated rings. The van der Waals surface area contributed by atoms with E-state index < -0.39 is 9.84 Å². The van der Waals surface area contributed by atoms with Crippen molar-refractivity contribution in [1.29, 1.82) is 0 Å². The van der Waals surface area contributed by atoms with Crippen LogP contribution in [0.5, 0.6) is 0 Å². The summed E-state index contributed by atoms with van der Waals surface area (Å²) in [4.78, 5) is 2.12. The van der Waals surface area contributed by atoms with Gasteiger partial charge >= 0.3 is 0 Å². The van der Waals surface area contributed by atoms with E-state index in [1.165, 1.54) is 0 Å². The minimum atomic E-state index is -2.83. The van der Waals surface area contributed by atoms with E-state index in [0.717, 1.165) is 38.2 Å². The van der Waals surface area contributed by atoms with Crippen molar-refractivity contribution < 1.29 is 13.2 Å². The molecular weight excluding hydrogens is 290 g/mol. The monoisotopic (exact) mass is 317 g/mol. The van der Waals surface area contributed by atoms with Gasteiger partial charge in [-0.2, -0.15) is 10.2 Å². The Kier molecular flexibility index (Phi) is 8.72. The molecule has 6 nitrogen and oxygen atoms in total. The summed E-state index contributed by atoms with van der Waals surface area (Å²) in [6.45, 7) is 5.51. The highest BCUT2D eigenvalue weighted by atomic mass is 32.2. The summed E-state index contributed by atoms with van der Waals surface area (Å²) < 4.78 is 28.3. The number of azo groups is 1. The van der Waals surface area contributed by atoms with Crippen molar-refractivity contribution in [3.63, 3.8) is 0 Å². The molecule has 1 aliphatic rings. The molecule has 122 valence electrons. The van der Waals surface area contributed by atoms with Crippen molar-refractivity contribution >= 4 is 9.84 Å². The van der Waals surface area contributed by atoms with Gasteiger partial charge in [0.15, 0.2) is 9.84 Å². The molecule has 0 aromatic carbocycles. The zero-order valence-electron chi connectivity index (χ0n) is 13.1. The average molecular weight is 317 g/mol. The first-order valence-electron chi connectivity index (χ1n) is 7.57. The van der Waals surface area contributed by atoms with Gasteiger partial charge in [-0.15, -0.1) is 0 Å². The number of rotatable bonds is 9. The van der Waals surface area contributed by atoms with Crippen LogP contribution in [0.3, 0.4) is 0 Å². The molecule has 1 aliphatic heterocycles. The number of allylic oxidation sites excluding steroid dienone is 1. The maximum atomic E-state index is 11.4. The van der Waals surface area contributed by atoms with Crippen LogP contribution < -0.4 is 0 Å². The van der Waals surface area contributed by atoms with Crippen LogP contribution in [0.15, 0.2) is 22.0 Å². The molecule has 0 saturated carbocycles. The van der Waals surface area contributed by atoms with Crippen molar-refractivity contribution in [3.8, 4) is 0 Å². The van der Waals surface area contributed by atoms with Crippen LogP contribution in [-0.4, -0.2) is 64.7 Å². The molecule has 0 radical (unpaired) electrons. The van der Waals surface area contributed by atoms with E-state index in [4.69, 9.17) is 4.74 Å². The predicted octanol–water partition coefficient (Wildman–Crippen LogP) is 1.89. The molecule has 1 saturated heterocycles. The number of sulfone groups is 1. The summed E-state index contributed by atoms with van der Waals surface area (Å²) in [5, 5.41) is 7.98. The SMILES string of the molecule is CCCOCCC/C=C(/CN1CCS(=O)(=O)CC1)N=NC. The molecule has 0 aromatic rings. The summed E-state index contributed by atoms with van der Waals surface area (Å²) in [7, 11) is -1.17. The van der Waals surface area contributed by atoms with Crippen molar-refractivity contribution in [2.75, 3.05) is 51.4 Å². The maximum absolute atomic E-state index is 11.4. The van der Waals surface area contributed by atoms with E-state index in [2.05, 4.69) is 28.1 Å². The molecule has 0 unspecified atom stereocenters. The first kappa shape index (κ1) is 18.3. The zero-order chi connectivity index (χ0) is 15.6. The van der Waals surface area contributed by atoms with Gasteiger partial charge in [0.2, 0.25) is 0 Å². The van der Waals surface area contributed by atoms with Crippen LogP contribution in [0, 0.1) is 0 Å². The number of ether oxygens (including phenoxy) is 1. The van der Waals surface area contributed by atoms with Gasteiger partial charge in [-0.3, -0.25) is 4.90 Å². The highest BCUT2D eigenvalue weighted by Crippen LogP contribution is 2.09. The Bertz CT molecular complexity index is 432. The van der Waals surface area contributed by atoms with Crippen molar-refractivity contribution in [2.24, 2.45) is 10.2 Å². The molecule has 0 aromatic heterocycles. The summed E-state index contributed by atoms with van der Waals surface area (Å²) in [6.07, 6.45) is 5.00. The molecule has 0 amide bonds. The molecule has 1 rings (SSSR count). The zero-order valence-corrected chi connectivity index (χ0v) is 13.9. The Labute approximate surface area is 128 Å². The fourth-order valence-corrected chi connectivity index (χ4v) is 3.38. The number of hydrogen-bond acceptors (Lipinski definition) is 6. The van der Waals surface area contributed by atoms with Crippen molar-refractivity contribution in [1.82, 2.24) is 4.90 Å². The predicted molar refractivity (Wildman–Crippen MR) is 84.3 cm³/mol. The van der Waals surface area contributed by atoms with E-state index in [1.54, 1.807) is 7.05 Å². The number of nitrogens with zero attached hydrogens (tertiary/aromatic N) is 3. The fraction of sp³-hybridized carbons (Fsp3) is 0.857. The van der Waals surface area contributed by atoms with Crippen LogP contribution in [0.25, 0.3) is 0 Å². The fourth-order valence-electron chi connectivity index (χ4n) is 2.10. The Hall–Kier alpha value is -0.790. The van der Waals surface area contributed by atoms with E-state index >= 15 is 0 Å². The van der Waals surface area contributed by atoms with Crippen LogP contribution >= 0.6 is 0 Å². The molecule has 21 heavy (non-hydrogen) atoms. The lowest BCUT2D eigenvalue weighted by Crippen LogP contribution is -2.40. The molecule has 0 spiro atoms. The smallest absolute Gasteiger partial charge is 0.152 e. The molecule has 7 heteroatoms. The van der Waals surface area contributed by atoms with Crippen LogP contribution in [0.1, 0.15) is 26.2 Å². The van der Waals surface area contributed by atoms with Gasteiger partial charge in [-0.1, -0.05) is 13.0 Å². The maximum Gasteiger partial charge on any atom is 0.152 e. The van der Waals surface area contributed by atoms with Gasteiger partial charge in [0.1, 0.15) is 0 Å². The van der Waals surface area contributed by atoms with Gasteiger partial charge in [0, 0.05) is 39.9 Å². The van der Waals surface area contributed by atoms with Gasteiger partial charge in [-0.25, -0.2) is 8.42 Å². The summed E-state index contributed by atoms with van der Waals surface area (Å²) >= 11 is 0. The minimum Gasteiger partial charge on any atom is -0.381 e. The summed E-state index contributed by atoms with van der Waals surface area (Å²) in [5.74, 6) is 0.489. The van der Waals surface area contributed by atoms with Crippen LogP contribution in [-0.2, 0) is 14.6 Å². The number of unbranched alkanes of at least 4 members (excludes halogenated alkanes) is 1. The minimum absolute atomic E-state index is 0.244. The van der Waals surface area contributed by atoms with E-state index in [-0.39, 0.29) is 11.5 Å². The first-order valence-corrected chi connectivity index (χ1v) is 9.39. The third kappa shape index (κ3) is 8.28. The van der Waals surface area contributed by atoms with Gasteiger partial charge in [0.25, 0.3) is 0 Å². The van der Waals surface area contributed by atoms with Crippen LogP contribution in [0.2, 0.25) is 0 Å². The Morgan fingerprint density at radius 3 is 2.62 bits per heavy atom. The lowest BCUT2D eigenvalue weighted by atomic mass is 10.2. The second-order valence-corrected chi connectivity index (χ2v) is 7.48. The molecule has 0 bridgehead atoms. The third-order valence-corrected chi connectivity index (χ3v) is 4.88. The highest BCUT2D eigenvalue weighted by Gasteiger charge is 2.21. The average Bonchev–Trinajstić information content (AvgIpc) is 2.45. The van der Waals surface area contributed by atoms with Gasteiger partial charge in [0.05, 0.1) is 17.2 Å². The second-order valence-electron chi connectivity index (χ2n) is 5.18. The molecular formula is C14H27N3O3S. The highest BCUT2D eigenvalue weighted by molar-refractivity contribution is 7.91. The van der Waals surface area contributed by atoms with E-state index in [1.807, 2.05) is 0 Å². The van der Waals surface area contributed by atoms with E-state index in [9.17, 15) is 8.42 Å². The van der Waals surface area contributed by atoms with E-state index in [0.29, 0.717) is 19.6 Å². The van der Waals surface area contributed by atoms with Crippen molar-refractivity contribution in [3.05, 3.63) is 11.8 Å². The van der Waals surface area contributed by atoms with Gasteiger partial charge in [-0.05, 0) is 19.3 Å². The second kappa shape index (κ2) is 10.0. The lowest BCUT2D eigenvalue weighted by molar-refractivity contribution is 0.133.